The van der Waals surface area contributed by atoms with Crippen molar-refractivity contribution in [2.24, 2.45) is 5.73 Å². The van der Waals surface area contributed by atoms with E-state index in [1.807, 2.05) is 22.9 Å². The molecule has 0 spiro atoms. The number of nitrogens with one attached hydrogen (secondary N) is 1. The SMILES string of the molecule is COc1ccccc1Cc1nn(CCC(N)=O)c2c1CNCC2. The Bertz CT molecular complexity index is 709. The van der Waals surface area contributed by atoms with Crippen molar-refractivity contribution in [1.82, 2.24) is 15.1 Å². The topological polar surface area (TPSA) is 82.2 Å². The molecular weight excluding hydrogens is 292 g/mol. The zero-order valence-corrected chi connectivity index (χ0v) is 13.3. The molecule has 122 valence electrons. The van der Waals surface area contributed by atoms with Crippen LogP contribution in [0.25, 0.3) is 0 Å². The van der Waals surface area contributed by atoms with E-state index >= 15 is 0 Å². The predicted octanol–water partition coefficient (Wildman–Crippen LogP) is 1.00. The Hall–Kier alpha value is -2.34. The fraction of sp³-hybridized carbons (Fsp3) is 0.412. The molecule has 0 unspecified atom stereocenters. The number of hydrogen-bond acceptors (Lipinski definition) is 4. The van der Waals surface area contributed by atoms with Gasteiger partial charge in [-0.05, 0) is 6.07 Å². The van der Waals surface area contributed by atoms with E-state index in [4.69, 9.17) is 15.6 Å². The summed E-state index contributed by atoms with van der Waals surface area (Å²) in [4.78, 5) is 11.1. The molecule has 6 nitrogen and oxygen atoms in total. The molecule has 0 atom stereocenters. The van der Waals surface area contributed by atoms with Crippen LogP contribution in [0.1, 0.15) is 28.9 Å². The Kier molecular flexibility index (Phi) is 4.62. The molecule has 0 radical (unpaired) electrons. The minimum absolute atomic E-state index is 0.297. The van der Waals surface area contributed by atoms with Crippen LogP contribution in [0.2, 0.25) is 0 Å². The van der Waals surface area contributed by atoms with Gasteiger partial charge < -0.3 is 15.8 Å². The maximum atomic E-state index is 11.1. The van der Waals surface area contributed by atoms with Gasteiger partial charge in [0.25, 0.3) is 0 Å². The van der Waals surface area contributed by atoms with Crippen LogP contribution in [0.5, 0.6) is 5.75 Å². The summed E-state index contributed by atoms with van der Waals surface area (Å²) in [6.45, 7) is 2.29. The summed E-state index contributed by atoms with van der Waals surface area (Å²) in [5.41, 5.74) is 9.89. The molecule has 1 aliphatic rings. The summed E-state index contributed by atoms with van der Waals surface area (Å²) in [6, 6.07) is 7.99. The third-order valence-electron chi connectivity index (χ3n) is 4.21. The normalized spacial score (nSPS) is 13.6. The number of rotatable bonds is 6. The van der Waals surface area contributed by atoms with Gasteiger partial charge in [0.1, 0.15) is 5.75 Å². The smallest absolute Gasteiger partial charge is 0.219 e. The molecule has 2 aromatic rings. The standard InChI is InChI=1S/C17H22N4O2/c1-23-16-5-3-2-4-12(16)10-14-13-11-19-8-6-15(13)21(20-14)9-7-17(18)22/h2-5,19H,6-11H2,1H3,(H2,18,22). The van der Waals surface area contributed by atoms with Crippen LogP contribution < -0.4 is 15.8 Å². The van der Waals surface area contributed by atoms with Gasteiger partial charge in [0, 0.05) is 55.7 Å². The summed E-state index contributed by atoms with van der Waals surface area (Å²) in [5, 5.41) is 8.15. The van der Waals surface area contributed by atoms with E-state index in [-0.39, 0.29) is 5.91 Å². The Morgan fingerprint density at radius 3 is 3.04 bits per heavy atom. The summed E-state index contributed by atoms with van der Waals surface area (Å²) < 4.78 is 7.39. The average molecular weight is 314 g/mol. The molecular formula is C17H22N4O2. The summed E-state index contributed by atoms with van der Waals surface area (Å²) in [6.07, 6.45) is 1.96. The lowest BCUT2D eigenvalue weighted by molar-refractivity contribution is -0.118. The highest BCUT2D eigenvalue weighted by Crippen LogP contribution is 2.25. The monoisotopic (exact) mass is 314 g/mol. The Labute approximate surface area is 135 Å². The number of primary amides is 1. The van der Waals surface area contributed by atoms with Crippen LogP contribution in [-0.2, 0) is 30.7 Å². The first-order chi connectivity index (χ1) is 11.2. The molecule has 1 amide bonds. The number of fused-ring (bicyclic) bond motifs is 1. The molecule has 2 heterocycles. The fourth-order valence-electron chi connectivity index (χ4n) is 3.07. The molecule has 0 bridgehead atoms. The number of carbonyl (C=O) groups excluding carboxylic acids is 1. The Morgan fingerprint density at radius 1 is 1.43 bits per heavy atom. The lowest BCUT2D eigenvalue weighted by Crippen LogP contribution is -2.25. The average Bonchev–Trinajstić information content (AvgIpc) is 2.91. The maximum absolute atomic E-state index is 11.1. The minimum atomic E-state index is -0.297. The number of aryl methyl sites for hydroxylation is 1. The molecule has 1 aromatic heterocycles. The highest BCUT2D eigenvalue weighted by molar-refractivity contribution is 5.73. The number of nitrogens with two attached hydrogens (primary N) is 1. The number of hydrogen-bond donors (Lipinski definition) is 2. The van der Waals surface area contributed by atoms with E-state index in [2.05, 4.69) is 11.4 Å². The van der Waals surface area contributed by atoms with Crippen LogP contribution in [0.3, 0.4) is 0 Å². The van der Waals surface area contributed by atoms with Crippen LogP contribution in [0.4, 0.5) is 0 Å². The molecule has 3 N–H and O–H groups in total. The van der Waals surface area contributed by atoms with E-state index in [1.54, 1.807) is 7.11 Å². The molecule has 23 heavy (non-hydrogen) atoms. The van der Waals surface area contributed by atoms with Gasteiger partial charge in [0.15, 0.2) is 0 Å². The minimum Gasteiger partial charge on any atom is -0.496 e. The quantitative estimate of drug-likeness (QED) is 0.833. The van der Waals surface area contributed by atoms with E-state index < -0.39 is 0 Å². The van der Waals surface area contributed by atoms with Crippen molar-refractivity contribution < 1.29 is 9.53 Å². The van der Waals surface area contributed by atoms with Gasteiger partial charge in [-0.2, -0.15) is 5.10 Å². The lowest BCUT2D eigenvalue weighted by atomic mass is 10.0. The number of amides is 1. The molecule has 1 aliphatic heterocycles. The van der Waals surface area contributed by atoms with Gasteiger partial charge in [-0.1, -0.05) is 18.2 Å². The molecule has 0 aliphatic carbocycles. The highest BCUT2D eigenvalue weighted by Gasteiger charge is 2.21. The van der Waals surface area contributed by atoms with Gasteiger partial charge in [-0.15, -0.1) is 0 Å². The van der Waals surface area contributed by atoms with Crippen molar-refractivity contribution in [2.75, 3.05) is 13.7 Å². The van der Waals surface area contributed by atoms with Crippen molar-refractivity contribution in [2.45, 2.75) is 32.4 Å². The van der Waals surface area contributed by atoms with E-state index in [0.717, 1.165) is 42.9 Å². The number of para-hydroxylation sites is 1. The van der Waals surface area contributed by atoms with E-state index in [9.17, 15) is 4.79 Å². The predicted molar refractivity (Wildman–Crippen MR) is 87.2 cm³/mol. The van der Waals surface area contributed by atoms with Gasteiger partial charge >= 0.3 is 0 Å². The van der Waals surface area contributed by atoms with E-state index in [1.165, 1.54) is 11.3 Å². The second-order valence-corrected chi connectivity index (χ2v) is 5.73. The molecule has 0 fully saturated rings. The number of nitrogens with zero attached hydrogens (tertiary/aromatic N) is 2. The number of benzene rings is 1. The van der Waals surface area contributed by atoms with Gasteiger partial charge in [0.05, 0.1) is 12.8 Å². The number of ether oxygens (including phenoxy) is 1. The number of methoxy groups -OCH3 is 1. The third-order valence-corrected chi connectivity index (χ3v) is 4.21. The van der Waals surface area contributed by atoms with Crippen molar-refractivity contribution in [3.8, 4) is 5.75 Å². The molecule has 0 saturated heterocycles. The summed E-state index contributed by atoms with van der Waals surface area (Å²) in [5.74, 6) is 0.575. The first kappa shape index (κ1) is 15.6. The van der Waals surface area contributed by atoms with Crippen LogP contribution in [0, 0.1) is 0 Å². The Balaban J connectivity index is 1.91. The summed E-state index contributed by atoms with van der Waals surface area (Å²) >= 11 is 0. The maximum Gasteiger partial charge on any atom is 0.219 e. The van der Waals surface area contributed by atoms with Crippen LogP contribution in [-0.4, -0.2) is 29.3 Å². The largest absolute Gasteiger partial charge is 0.496 e. The fourth-order valence-corrected chi connectivity index (χ4v) is 3.07. The molecule has 0 saturated carbocycles. The third kappa shape index (κ3) is 3.37. The first-order valence-corrected chi connectivity index (χ1v) is 7.87. The van der Waals surface area contributed by atoms with Crippen LogP contribution in [0.15, 0.2) is 24.3 Å². The number of aromatic nitrogens is 2. The van der Waals surface area contributed by atoms with Gasteiger partial charge in [-0.3, -0.25) is 9.48 Å². The van der Waals surface area contributed by atoms with Crippen molar-refractivity contribution in [1.29, 1.82) is 0 Å². The summed E-state index contributed by atoms with van der Waals surface area (Å²) in [7, 11) is 1.68. The second-order valence-electron chi connectivity index (χ2n) is 5.73. The van der Waals surface area contributed by atoms with Crippen LogP contribution >= 0.6 is 0 Å². The van der Waals surface area contributed by atoms with Gasteiger partial charge in [0.2, 0.25) is 5.91 Å². The lowest BCUT2D eigenvalue weighted by Gasteiger charge is -2.15. The van der Waals surface area contributed by atoms with Crippen molar-refractivity contribution in [3.05, 3.63) is 46.8 Å². The van der Waals surface area contributed by atoms with Crippen molar-refractivity contribution in [3.63, 3.8) is 0 Å². The zero-order chi connectivity index (χ0) is 16.2. The first-order valence-electron chi connectivity index (χ1n) is 7.87. The second kappa shape index (κ2) is 6.83. The zero-order valence-electron chi connectivity index (χ0n) is 13.3. The number of carbonyl (C=O) groups is 1. The molecule has 1 aromatic carbocycles. The molecule has 3 rings (SSSR count). The molecule has 6 heteroatoms. The van der Waals surface area contributed by atoms with Gasteiger partial charge in [-0.25, -0.2) is 0 Å². The van der Waals surface area contributed by atoms with E-state index in [0.29, 0.717) is 13.0 Å². The highest BCUT2D eigenvalue weighted by atomic mass is 16.5. The van der Waals surface area contributed by atoms with Crippen molar-refractivity contribution >= 4 is 5.91 Å². The Morgan fingerprint density at radius 2 is 2.26 bits per heavy atom.